The summed E-state index contributed by atoms with van der Waals surface area (Å²) in [6.45, 7) is 2.44. The van der Waals surface area contributed by atoms with Crippen molar-refractivity contribution in [2.75, 3.05) is 12.9 Å². The first kappa shape index (κ1) is 18.9. The SMILES string of the molecule is CCOc1ccc(C(=O)NC(CC(=O)O)c2ccc(SC)cc2)cc1. The van der Waals surface area contributed by atoms with Gasteiger partial charge >= 0.3 is 5.97 Å². The van der Waals surface area contributed by atoms with Gasteiger partial charge in [-0.1, -0.05) is 12.1 Å². The summed E-state index contributed by atoms with van der Waals surface area (Å²) in [6.07, 6.45) is 1.79. The minimum absolute atomic E-state index is 0.179. The molecule has 0 saturated carbocycles. The van der Waals surface area contributed by atoms with E-state index in [2.05, 4.69) is 5.32 Å². The first-order valence-corrected chi connectivity index (χ1v) is 9.15. The molecule has 0 aromatic heterocycles. The molecule has 2 rings (SSSR count). The van der Waals surface area contributed by atoms with Crippen molar-refractivity contribution in [3.8, 4) is 5.75 Å². The summed E-state index contributed by atoms with van der Waals surface area (Å²) in [7, 11) is 0. The molecule has 2 aromatic rings. The minimum atomic E-state index is -0.967. The molecule has 2 N–H and O–H groups in total. The number of hydrogen-bond acceptors (Lipinski definition) is 4. The molecule has 0 aliphatic heterocycles. The molecule has 5 nitrogen and oxygen atoms in total. The Hall–Kier alpha value is -2.47. The van der Waals surface area contributed by atoms with Crippen LogP contribution in [-0.2, 0) is 4.79 Å². The molecule has 0 radical (unpaired) electrons. The number of benzene rings is 2. The number of amides is 1. The Morgan fingerprint density at radius 1 is 1.12 bits per heavy atom. The fraction of sp³-hybridized carbons (Fsp3) is 0.263. The largest absolute Gasteiger partial charge is 0.494 e. The van der Waals surface area contributed by atoms with Crippen LogP contribution in [0.1, 0.15) is 35.3 Å². The number of carboxylic acids is 1. The van der Waals surface area contributed by atoms with Gasteiger partial charge in [0.15, 0.2) is 0 Å². The zero-order chi connectivity index (χ0) is 18.2. The molecule has 0 aliphatic carbocycles. The van der Waals surface area contributed by atoms with E-state index in [1.165, 1.54) is 0 Å². The van der Waals surface area contributed by atoms with Crippen molar-refractivity contribution >= 4 is 23.6 Å². The maximum atomic E-state index is 12.5. The maximum Gasteiger partial charge on any atom is 0.305 e. The molecule has 6 heteroatoms. The third-order valence-corrected chi connectivity index (χ3v) is 4.37. The highest BCUT2D eigenvalue weighted by Gasteiger charge is 2.19. The van der Waals surface area contributed by atoms with Crippen molar-refractivity contribution in [2.24, 2.45) is 0 Å². The van der Waals surface area contributed by atoms with Crippen molar-refractivity contribution in [3.63, 3.8) is 0 Å². The Morgan fingerprint density at radius 3 is 2.28 bits per heavy atom. The summed E-state index contributed by atoms with van der Waals surface area (Å²) >= 11 is 1.60. The lowest BCUT2D eigenvalue weighted by molar-refractivity contribution is -0.137. The molecule has 1 atom stereocenters. The molecule has 1 unspecified atom stereocenters. The van der Waals surface area contributed by atoms with Gasteiger partial charge in [-0.2, -0.15) is 0 Å². The van der Waals surface area contributed by atoms with E-state index in [0.717, 1.165) is 10.5 Å². The third-order valence-electron chi connectivity index (χ3n) is 3.63. The molecule has 0 spiro atoms. The fourth-order valence-corrected chi connectivity index (χ4v) is 2.78. The van der Waals surface area contributed by atoms with Crippen LogP contribution in [-0.4, -0.2) is 29.8 Å². The normalized spacial score (nSPS) is 11.6. The van der Waals surface area contributed by atoms with Gasteiger partial charge in [-0.15, -0.1) is 11.8 Å². The van der Waals surface area contributed by atoms with Crippen LogP contribution in [0.5, 0.6) is 5.75 Å². The average Bonchev–Trinajstić information content (AvgIpc) is 2.61. The molecule has 0 fully saturated rings. The van der Waals surface area contributed by atoms with Gasteiger partial charge < -0.3 is 15.2 Å². The van der Waals surface area contributed by atoms with E-state index in [-0.39, 0.29) is 12.3 Å². The highest BCUT2D eigenvalue weighted by atomic mass is 32.2. The lowest BCUT2D eigenvalue weighted by Crippen LogP contribution is -2.30. The zero-order valence-corrected chi connectivity index (χ0v) is 15.0. The van der Waals surface area contributed by atoms with Gasteiger partial charge in [-0.3, -0.25) is 9.59 Å². The lowest BCUT2D eigenvalue weighted by atomic mass is 10.0. The van der Waals surface area contributed by atoms with Gasteiger partial charge in [0, 0.05) is 10.5 Å². The van der Waals surface area contributed by atoms with Crippen LogP contribution in [0, 0.1) is 0 Å². The molecule has 2 aromatic carbocycles. The quantitative estimate of drug-likeness (QED) is 0.702. The number of carboxylic acid groups (broad SMARTS) is 1. The number of carbonyl (C=O) groups excluding carboxylic acids is 1. The van der Waals surface area contributed by atoms with E-state index in [4.69, 9.17) is 9.84 Å². The lowest BCUT2D eigenvalue weighted by Gasteiger charge is -2.18. The molecule has 1 amide bonds. The number of carbonyl (C=O) groups is 2. The standard InChI is InChI=1S/C19H21NO4S/c1-3-24-15-8-4-14(5-9-15)19(23)20-17(12-18(21)22)13-6-10-16(25-2)11-7-13/h4-11,17H,3,12H2,1-2H3,(H,20,23)(H,21,22). The van der Waals surface area contributed by atoms with Crippen LogP contribution < -0.4 is 10.1 Å². The second kappa shape index (κ2) is 9.13. The summed E-state index contributed by atoms with van der Waals surface area (Å²) in [5.74, 6) is -0.594. The van der Waals surface area contributed by atoms with Crippen molar-refractivity contribution in [2.45, 2.75) is 24.3 Å². The minimum Gasteiger partial charge on any atom is -0.494 e. The molecule has 25 heavy (non-hydrogen) atoms. The second-order valence-corrected chi connectivity index (χ2v) is 6.23. The van der Waals surface area contributed by atoms with Gasteiger partial charge in [0.05, 0.1) is 19.1 Å². The monoisotopic (exact) mass is 359 g/mol. The Bertz CT molecular complexity index is 713. The fourth-order valence-electron chi connectivity index (χ4n) is 2.37. The van der Waals surface area contributed by atoms with E-state index in [1.54, 1.807) is 36.0 Å². The summed E-state index contributed by atoms with van der Waals surface area (Å²) in [6, 6.07) is 13.7. The van der Waals surface area contributed by atoms with Gasteiger partial charge in [0.25, 0.3) is 5.91 Å². The van der Waals surface area contributed by atoms with Crippen molar-refractivity contribution in [3.05, 3.63) is 59.7 Å². The zero-order valence-electron chi connectivity index (χ0n) is 14.2. The van der Waals surface area contributed by atoms with Crippen LogP contribution in [0.15, 0.2) is 53.4 Å². The number of thioether (sulfide) groups is 1. The van der Waals surface area contributed by atoms with Gasteiger partial charge in [0.1, 0.15) is 5.75 Å². The summed E-state index contributed by atoms with van der Waals surface area (Å²) in [5, 5.41) is 12.0. The van der Waals surface area contributed by atoms with Crippen LogP contribution in [0.25, 0.3) is 0 Å². The maximum absolute atomic E-state index is 12.5. The smallest absolute Gasteiger partial charge is 0.305 e. The van der Waals surface area contributed by atoms with Crippen LogP contribution in [0.4, 0.5) is 0 Å². The topological polar surface area (TPSA) is 75.6 Å². The molecule has 132 valence electrons. The van der Waals surface area contributed by atoms with Crippen LogP contribution in [0.3, 0.4) is 0 Å². The van der Waals surface area contributed by atoms with Crippen molar-refractivity contribution in [1.29, 1.82) is 0 Å². The first-order valence-electron chi connectivity index (χ1n) is 7.93. The third kappa shape index (κ3) is 5.53. The van der Waals surface area contributed by atoms with E-state index in [1.807, 2.05) is 37.4 Å². The molecule has 0 bridgehead atoms. The second-order valence-electron chi connectivity index (χ2n) is 5.35. The Balaban J connectivity index is 2.14. The van der Waals surface area contributed by atoms with Crippen LogP contribution in [0.2, 0.25) is 0 Å². The van der Waals surface area contributed by atoms with Crippen LogP contribution >= 0.6 is 11.8 Å². The molecule has 0 heterocycles. The molecule has 0 saturated heterocycles. The van der Waals surface area contributed by atoms with Crippen molar-refractivity contribution < 1.29 is 19.4 Å². The Kier molecular flexibility index (Phi) is 6.89. The number of aliphatic carboxylic acids is 1. The predicted molar refractivity (Wildman–Crippen MR) is 98.3 cm³/mol. The summed E-state index contributed by atoms with van der Waals surface area (Å²) in [4.78, 5) is 24.7. The Morgan fingerprint density at radius 2 is 1.76 bits per heavy atom. The predicted octanol–water partition coefficient (Wildman–Crippen LogP) is 3.75. The summed E-state index contributed by atoms with van der Waals surface area (Å²) < 4.78 is 5.35. The average molecular weight is 359 g/mol. The molecule has 0 aliphatic rings. The number of ether oxygens (including phenoxy) is 1. The van der Waals surface area contributed by atoms with Gasteiger partial charge in [-0.25, -0.2) is 0 Å². The highest BCUT2D eigenvalue weighted by Crippen LogP contribution is 2.22. The van der Waals surface area contributed by atoms with E-state index in [0.29, 0.717) is 17.9 Å². The Labute approximate surface area is 151 Å². The number of rotatable bonds is 8. The van der Waals surface area contributed by atoms with E-state index >= 15 is 0 Å². The molecular formula is C19H21NO4S. The number of hydrogen-bond donors (Lipinski definition) is 2. The van der Waals surface area contributed by atoms with Gasteiger partial charge in [0.2, 0.25) is 0 Å². The van der Waals surface area contributed by atoms with E-state index in [9.17, 15) is 9.59 Å². The highest BCUT2D eigenvalue weighted by molar-refractivity contribution is 7.98. The summed E-state index contributed by atoms with van der Waals surface area (Å²) in [5.41, 5.74) is 1.22. The van der Waals surface area contributed by atoms with Gasteiger partial charge in [-0.05, 0) is 55.1 Å². The van der Waals surface area contributed by atoms with Crippen molar-refractivity contribution in [1.82, 2.24) is 5.32 Å². The molecular weight excluding hydrogens is 338 g/mol. The number of nitrogens with one attached hydrogen (secondary N) is 1. The first-order chi connectivity index (χ1) is 12.0. The van der Waals surface area contributed by atoms with E-state index < -0.39 is 12.0 Å².